The number of rotatable bonds is 7. The van der Waals surface area contributed by atoms with Crippen LogP contribution in [0.1, 0.15) is 72.1 Å². The highest BCUT2D eigenvalue weighted by atomic mass is 16.3. The Bertz CT molecular complexity index is 2710. The van der Waals surface area contributed by atoms with E-state index in [2.05, 4.69) is 181 Å². The second-order valence-corrected chi connectivity index (χ2v) is 17.6. The summed E-state index contributed by atoms with van der Waals surface area (Å²) in [5.74, 6) is 1.46. The molecule has 0 aliphatic carbocycles. The van der Waals surface area contributed by atoms with Gasteiger partial charge in [-0.05, 0) is 87.2 Å². The largest absolute Gasteiger partial charge is 0.507 e. The van der Waals surface area contributed by atoms with E-state index in [1.54, 1.807) is 0 Å². The first kappa shape index (κ1) is 36.9. The van der Waals surface area contributed by atoms with Gasteiger partial charge in [0.15, 0.2) is 0 Å². The summed E-state index contributed by atoms with van der Waals surface area (Å²) in [6, 6.07) is 47.4. The molecule has 2 heterocycles. The molecule has 6 aromatic carbocycles. The van der Waals surface area contributed by atoms with Gasteiger partial charge in [0, 0.05) is 33.8 Å². The first-order valence-corrected chi connectivity index (χ1v) is 19.8. The molecule has 0 saturated carbocycles. The Morgan fingerprint density at radius 1 is 0.625 bits per heavy atom. The molecule has 0 aliphatic rings. The van der Waals surface area contributed by atoms with Crippen LogP contribution in [0.15, 0.2) is 140 Å². The maximum atomic E-state index is 12.5. The average Bonchev–Trinajstić information content (AvgIpc) is 3.56. The number of phenols is 1. The Balaban J connectivity index is 1.53. The quantitative estimate of drug-likeness (QED) is 0.177. The van der Waals surface area contributed by atoms with Crippen LogP contribution >= 0.6 is 0 Å². The Labute approximate surface area is 331 Å². The molecule has 56 heavy (non-hydrogen) atoms. The summed E-state index contributed by atoms with van der Waals surface area (Å²) in [5.41, 5.74) is 12.8. The van der Waals surface area contributed by atoms with Crippen molar-refractivity contribution < 1.29 is 5.11 Å². The predicted octanol–water partition coefficient (Wildman–Crippen LogP) is 13.7. The number of hydrogen-bond acceptors (Lipinski definition) is 3. The number of imidazole rings is 1. The van der Waals surface area contributed by atoms with E-state index < -0.39 is 0 Å². The van der Waals surface area contributed by atoms with Crippen LogP contribution in [0.3, 0.4) is 0 Å². The Hall–Kier alpha value is -6.00. The smallest absolute Gasteiger partial charge is 0.149 e. The molecule has 8 rings (SSSR count). The molecule has 280 valence electrons. The summed E-state index contributed by atoms with van der Waals surface area (Å²) in [6.07, 6.45) is 2.81. The van der Waals surface area contributed by atoms with E-state index in [1.165, 1.54) is 5.56 Å². The molecule has 0 amide bonds. The summed E-state index contributed by atoms with van der Waals surface area (Å²) in [7, 11) is 0. The van der Waals surface area contributed by atoms with E-state index >= 15 is 0 Å². The van der Waals surface area contributed by atoms with E-state index in [9.17, 15) is 5.11 Å². The van der Waals surface area contributed by atoms with Crippen LogP contribution in [0.5, 0.6) is 5.75 Å². The van der Waals surface area contributed by atoms with Gasteiger partial charge in [-0.3, -0.25) is 9.55 Å². The van der Waals surface area contributed by atoms with Crippen LogP contribution in [0, 0.1) is 5.92 Å². The molecule has 0 spiro atoms. The van der Waals surface area contributed by atoms with Gasteiger partial charge in [0.25, 0.3) is 0 Å². The molecule has 0 saturated heterocycles. The summed E-state index contributed by atoms with van der Waals surface area (Å²) >= 11 is 0. The summed E-state index contributed by atoms with van der Waals surface area (Å²) < 4.78 is 2.31. The molecule has 0 unspecified atom stereocenters. The third-order valence-electron chi connectivity index (χ3n) is 10.8. The van der Waals surface area contributed by atoms with E-state index in [4.69, 9.17) is 9.97 Å². The second-order valence-electron chi connectivity index (χ2n) is 17.6. The molecular weight excluding hydrogens is 683 g/mol. The molecule has 0 radical (unpaired) electrons. The van der Waals surface area contributed by atoms with Crippen molar-refractivity contribution in [2.24, 2.45) is 5.92 Å². The van der Waals surface area contributed by atoms with Crippen LogP contribution < -0.4 is 0 Å². The maximum Gasteiger partial charge on any atom is 0.149 e. The van der Waals surface area contributed by atoms with Crippen molar-refractivity contribution in [3.05, 3.63) is 156 Å². The van der Waals surface area contributed by atoms with Crippen molar-refractivity contribution in [3.8, 4) is 56.3 Å². The fraction of sp³-hybridized carbons (Fsp3) is 0.231. The predicted molar refractivity (Wildman–Crippen MR) is 236 cm³/mol. The van der Waals surface area contributed by atoms with Gasteiger partial charge in [0.2, 0.25) is 0 Å². The van der Waals surface area contributed by atoms with Gasteiger partial charge in [-0.2, -0.15) is 0 Å². The average molecular weight is 734 g/mol. The fourth-order valence-corrected chi connectivity index (χ4v) is 8.01. The van der Waals surface area contributed by atoms with Gasteiger partial charge in [-0.1, -0.05) is 152 Å². The molecule has 4 heteroatoms. The van der Waals surface area contributed by atoms with Crippen molar-refractivity contribution in [3.63, 3.8) is 0 Å². The minimum atomic E-state index is -0.310. The summed E-state index contributed by atoms with van der Waals surface area (Å²) in [4.78, 5) is 10.4. The van der Waals surface area contributed by atoms with Crippen LogP contribution in [0.4, 0.5) is 0 Å². The lowest BCUT2D eigenvalue weighted by atomic mass is 9.79. The highest BCUT2D eigenvalue weighted by molar-refractivity contribution is 6.03. The molecule has 0 atom stereocenters. The standard InChI is InChI=1S/C52H51N3O/c1-33(2)27-34-28-37(30-38(29-34)45-22-14-15-26-53-45)40-21-16-23-46-47(40)54-50(43-31-39(51(3,4)5)32-44(49(43)56)52(6,7)8)55(46)48-41-20-13-12-19-36(41)24-25-42(48)35-17-10-9-11-18-35/h9-26,28-33,56H,27H2,1-8H3. The van der Waals surface area contributed by atoms with E-state index in [0.717, 1.165) is 84.1 Å². The summed E-state index contributed by atoms with van der Waals surface area (Å²) in [5, 5.41) is 14.7. The molecule has 0 aliphatic heterocycles. The number of aromatic hydroxyl groups is 1. The number of para-hydroxylation sites is 1. The minimum Gasteiger partial charge on any atom is -0.507 e. The topological polar surface area (TPSA) is 50.9 Å². The molecular formula is C52H51N3O. The molecule has 0 fully saturated rings. The number of nitrogens with zero attached hydrogens (tertiary/aromatic N) is 3. The number of pyridine rings is 1. The lowest BCUT2D eigenvalue weighted by Gasteiger charge is -2.28. The van der Waals surface area contributed by atoms with E-state index in [-0.39, 0.29) is 16.6 Å². The molecule has 8 aromatic rings. The number of phenolic OH excluding ortho intramolecular Hbond substituents is 1. The van der Waals surface area contributed by atoms with Crippen molar-refractivity contribution in [2.45, 2.75) is 72.6 Å². The lowest BCUT2D eigenvalue weighted by molar-refractivity contribution is 0.446. The zero-order valence-electron chi connectivity index (χ0n) is 33.9. The number of hydrogen-bond donors (Lipinski definition) is 1. The van der Waals surface area contributed by atoms with Crippen molar-refractivity contribution in [1.29, 1.82) is 0 Å². The number of fused-ring (bicyclic) bond motifs is 2. The van der Waals surface area contributed by atoms with Crippen molar-refractivity contribution in [1.82, 2.24) is 14.5 Å². The first-order chi connectivity index (χ1) is 26.8. The van der Waals surface area contributed by atoms with Crippen molar-refractivity contribution >= 4 is 21.8 Å². The molecule has 2 aromatic heterocycles. The lowest BCUT2D eigenvalue weighted by Crippen LogP contribution is -2.17. The van der Waals surface area contributed by atoms with Crippen LogP contribution in [-0.2, 0) is 17.3 Å². The van der Waals surface area contributed by atoms with Crippen LogP contribution in [-0.4, -0.2) is 19.6 Å². The Morgan fingerprint density at radius 3 is 2.07 bits per heavy atom. The zero-order valence-corrected chi connectivity index (χ0v) is 33.9. The highest BCUT2D eigenvalue weighted by Gasteiger charge is 2.29. The van der Waals surface area contributed by atoms with Crippen LogP contribution in [0.25, 0.3) is 72.4 Å². The van der Waals surface area contributed by atoms with E-state index in [1.807, 2.05) is 18.3 Å². The van der Waals surface area contributed by atoms with Crippen molar-refractivity contribution in [2.75, 3.05) is 0 Å². The van der Waals surface area contributed by atoms with Gasteiger partial charge in [0.1, 0.15) is 11.6 Å². The molecule has 0 bridgehead atoms. The van der Waals surface area contributed by atoms with Gasteiger partial charge in [0.05, 0.1) is 28.0 Å². The number of aromatic nitrogens is 3. The fourth-order valence-electron chi connectivity index (χ4n) is 8.01. The van der Waals surface area contributed by atoms with Gasteiger partial charge in [-0.15, -0.1) is 0 Å². The molecule has 4 nitrogen and oxygen atoms in total. The monoisotopic (exact) mass is 733 g/mol. The summed E-state index contributed by atoms with van der Waals surface area (Å²) in [6.45, 7) is 17.7. The first-order valence-electron chi connectivity index (χ1n) is 19.8. The Morgan fingerprint density at radius 2 is 1.36 bits per heavy atom. The zero-order chi connectivity index (χ0) is 39.4. The minimum absolute atomic E-state index is 0.169. The van der Waals surface area contributed by atoms with Gasteiger partial charge in [-0.25, -0.2) is 4.98 Å². The maximum absolute atomic E-state index is 12.5. The second kappa shape index (κ2) is 14.3. The van der Waals surface area contributed by atoms with Gasteiger partial charge < -0.3 is 5.11 Å². The van der Waals surface area contributed by atoms with E-state index in [0.29, 0.717) is 11.7 Å². The highest BCUT2D eigenvalue weighted by Crippen LogP contribution is 2.46. The SMILES string of the molecule is CC(C)Cc1cc(-c2ccccn2)cc(-c2cccc3c2nc(-c2cc(C(C)(C)C)cc(C(C)(C)C)c2O)n3-c2c(-c3ccccc3)ccc3ccccc23)c1. The third-order valence-corrected chi connectivity index (χ3v) is 10.8. The van der Waals surface area contributed by atoms with Gasteiger partial charge >= 0.3 is 0 Å². The Kier molecular flexibility index (Phi) is 9.40. The third kappa shape index (κ3) is 6.90. The molecule has 1 N–H and O–H groups in total. The normalized spacial score (nSPS) is 12.2. The number of benzene rings is 6. The van der Waals surface area contributed by atoms with Crippen LogP contribution in [0.2, 0.25) is 0 Å².